The van der Waals surface area contributed by atoms with Crippen LogP contribution in [0, 0.1) is 5.41 Å². The summed E-state index contributed by atoms with van der Waals surface area (Å²) in [5.74, 6) is -1.01. The average Bonchev–Trinajstić information content (AvgIpc) is 2.82. The quantitative estimate of drug-likeness (QED) is 0.817. The maximum absolute atomic E-state index is 12.3. The van der Waals surface area contributed by atoms with Crippen LogP contribution in [0.4, 0.5) is 18.0 Å². The minimum Gasteiger partial charge on any atom is -0.481 e. The van der Waals surface area contributed by atoms with Gasteiger partial charge in [0.1, 0.15) is 6.54 Å². The molecular formula is C12H19F3N2O3. The molecule has 116 valence electrons. The summed E-state index contributed by atoms with van der Waals surface area (Å²) in [6, 6.07) is -0.877. The van der Waals surface area contributed by atoms with Crippen molar-refractivity contribution in [2.24, 2.45) is 5.41 Å². The number of hydrogen-bond acceptors (Lipinski definition) is 2. The largest absolute Gasteiger partial charge is 0.481 e. The van der Waals surface area contributed by atoms with Gasteiger partial charge >= 0.3 is 18.2 Å². The zero-order valence-corrected chi connectivity index (χ0v) is 11.3. The van der Waals surface area contributed by atoms with E-state index in [9.17, 15) is 27.9 Å². The highest BCUT2D eigenvalue weighted by atomic mass is 19.4. The van der Waals surface area contributed by atoms with Gasteiger partial charge in [-0.15, -0.1) is 0 Å². The molecule has 2 N–H and O–H groups in total. The van der Waals surface area contributed by atoms with E-state index in [0.717, 1.165) is 12.8 Å². The van der Waals surface area contributed by atoms with Crippen LogP contribution in [0.5, 0.6) is 0 Å². The number of halogens is 3. The van der Waals surface area contributed by atoms with Crippen molar-refractivity contribution >= 4 is 12.0 Å². The van der Waals surface area contributed by atoms with E-state index in [2.05, 4.69) is 5.32 Å². The van der Waals surface area contributed by atoms with Crippen molar-refractivity contribution in [3.63, 3.8) is 0 Å². The molecule has 1 saturated carbocycles. The van der Waals surface area contributed by atoms with Gasteiger partial charge in [-0.2, -0.15) is 13.2 Å². The lowest BCUT2D eigenvalue weighted by atomic mass is 9.86. The Labute approximate surface area is 115 Å². The number of carboxylic acid groups (broad SMARTS) is 1. The fraction of sp³-hybridized carbons (Fsp3) is 0.833. The molecule has 0 unspecified atom stereocenters. The molecule has 5 nitrogen and oxygen atoms in total. The van der Waals surface area contributed by atoms with E-state index in [-0.39, 0.29) is 13.1 Å². The van der Waals surface area contributed by atoms with Crippen molar-refractivity contribution in [1.29, 1.82) is 0 Å². The van der Waals surface area contributed by atoms with Gasteiger partial charge in [-0.3, -0.25) is 4.79 Å². The Balaban J connectivity index is 2.58. The van der Waals surface area contributed by atoms with Gasteiger partial charge in [0.15, 0.2) is 0 Å². The molecule has 0 spiro atoms. The number of rotatable bonds is 5. The summed E-state index contributed by atoms with van der Waals surface area (Å²) in [5.41, 5.74) is -1.03. The Morgan fingerprint density at radius 3 is 2.25 bits per heavy atom. The molecule has 8 heteroatoms. The molecule has 0 aromatic rings. The summed E-state index contributed by atoms with van der Waals surface area (Å²) >= 11 is 0. The monoisotopic (exact) mass is 296 g/mol. The van der Waals surface area contributed by atoms with Gasteiger partial charge in [0.25, 0.3) is 0 Å². The van der Waals surface area contributed by atoms with E-state index in [1.165, 1.54) is 6.92 Å². The number of urea groups is 1. The van der Waals surface area contributed by atoms with Crippen molar-refractivity contribution < 1.29 is 27.9 Å². The maximum atomic E-state index is 12.3. The van der Waals surface area contributed by atoms with Crippen LogP contribution in [-0.4, -0.2) is 47.8 Å². The third-order valence-electron chi connectivity index (χ3n) is 3.63. The van der Waals surface area contributed by atoms with Gasteiger partial charge in [0.2, 0.25) is 0 Å². The maximum Gasteiger partial charge on any atom is 0.406 e. The van der Waals surface area contributed by atoms with Gasteiger partial charge in [0, 0.05) is 13.1 Å². The lowest BCUT2D eigenvalue weighted by Crippen LogP contribution is -2.49. The number of amides is 2. The summed E-state index contributed by atoms with van der Waals surface area (Å²) in [4.78, 5) is 23.6. The Bertz CT molecular complexity index is 365. The average molecular weight is 296 g/mol. The van der Waals surface area contributed by atoms with Crippen molar-refractivity contribution in [3.8, 4) is 0 Å². The number of alkyl halides is 3. The summed E-state index contributed by atoms with van der Waals surface area (Å²) in [5, 5.41) is 11.5. The molecule has 1 aliphatic rings. The first-order chi connectivity index (χ1) is 9.20. The standard InChI is InChI=1S/C12H19F3N2O3/c1-2-17(8-12(13,14)15)10(20)16-7-11(9(18)19)5-3-4-6-11/h2-8H2,1H3,(H,16,20)(H,18,19). The second-order valence-corrected chi connectivity index (χ2v) is 5.08. The normalized spacial score (nSPS) is 17.8. The van der Waals surface area contributed by atoms with Crippen LogP contribution in [0.1, 0.15) is 32.6 Å². The van der Waals surface area contributed by atoms with Crippen LogP contribution in [-0.2, 0) is 4.79 Å². The zero-order chi connectivity index (χ0) is 15.4. The van der Waals surface area contributed by atoms with Crippen LogP contribution in [0.2, 0.25) is 0 Å². The topological polar surface area (TPSA) is 69.6 Å². The third-order valence-corrected chi connectivity index (χ3v) is 3.63. The Morgan fingerprint density at radius 1 is 1.30 bits per heavy atom. The zero-order valence-electron chi connectivity index (χ0n) is 11.3. The number of aliphatic carboxylic acids is 1. The number of carbonyl (C=O) groups excluding carboxylic acids is 1. The minimum atomic E-state index is -4.47. The second kappa shape index (κ2) is 6.32. The molecule has 0 saturated heterocycles. The summed E-state index contributed by atoms with van der Waals surface area (Å²) in [6.07, 6.45) is -2.09. The van der Waals surface area contributed by atoms with Gasteiger partial charge in [-0.25, -0.2) is 4.79 Å². The first-order valence-electron chi connectivity index (χ1n) is 6.53. The highest BCUT2D eigenvalue weighted by molar-refractivity contribution is 5.78. The van der Waals surface area contributed by atoms with E-state index in [0.29, 0.717) is 17.7 Å². The lowest BCUT2D eigenvalue weighted by molar-refractivity contribution is -0.148. The molecule has 0 radical (unpaired) electrons. The van der Waals surface area contributed by atoms with Gasteiger partial charge in [-0.1, -0.05) is 12.8 Å². The summed E-state index contributed by atoms with van der Waals surface area (Å²) in [7, 11) is 0. The molecule has 2 amide bonds. The first kappa shape index (κ1) is 16.6. The van der Waals surface area contributed by atoms with Crippen molar-refractivity contribution in [3.05, 3.63) is 0 Å². The fourth-order valence-corrected chi connectivity index (χ4v) is 2.42. The van der Waals surface area contributed by atoms with Crippen molar-refractivity contribution in [2.75, 3.05) is 19.6 Å². The smallest absolute Gasteiger partial charge is 0.406 e. The molecule has 0 aromatic carbocycles. The van der Waals surface area contributed by atoms with Crippen molar-refractivity contribution in [1.82, 2.24) is 10.2 Å². The number of carbonyl (C=O) groups is 2. The molecule has 1 rings (SSSR count). The Morgan fingerprint density at radius 2 is 1.85 bits per heavy atom. The molecule has 0 atom stereocenters. The molecule has 0 bridgehead atoms. The third kappa shape index (κ3) is 4.28. The van der Waals surface area contributed by atoms with Crippen molar-refractivity contribution in [2.45, 2.75) is 38.8 Å². The van der Waals surface area contributed by atoms with Crippen LogP contribution in [0.3, 0.4) is 0 Å². The molecule has 0 aliphatic heterocycles. The lowest BCUT2D eigenvalue weighted by Gasteiger charge is -2.27. The summed E-state index contributed by atoms with van der Waals surface area (Å²) in [6.45, 7) is -0.121. The molecule has 0 aromatic heterocycles. The number of nitrogens with one attached hydrogen (secondary N) is 1. The Hall–Kier alpha value is -1.47. The highest BCUT2D eigenvalue weighted by Gasteiger charge is 2.42. The second-order valence-electron chi connectivity index (χ2n) is 5.08. The minimum absolute atomic E-state index is 0.0919. The van der Waals surface area contributed by atoms with E-state index < -0.39 is 30.1 Å². The van der Waals surface area contributed by atoms with Crippen LogP contribution < -0.4 is 5.32 Å². The highest BCUT2D eigenvalue weighted by Crippen LogP contribution is 2.37. The van der Waals surface area contributed by atoms with E-state index in [4.69, 9.17) is 0 Å². The molecule has 1 fully saturated rings. The number of carboxylic acids is 1. The molecule has 1 aliphatic carbocycles. The first-order valence-corrected chi connectivity index (χ1v) is 6.53. The molecule has 0 heterocycles. The summed E-state index contributed by atoms with van der Waals surface area (Å²) < 4.78 is 36.8. The van der Waals surface area contributed by atoms with E-state index in [1.807, 2.05) is 0 Å². The van der Waals surface area contributed by atoms with E-state index in [1.54, 1.807) is 0 Å². The molecular weight excluding hydrogens is 277 g/mol. The van der Waals surface area contributed by atoms with Gasteiger partial charge in [-0.05, 0) is 19.8 Å². The SMILES string of the molecule is CCN(CC(F)(F)F)C(=O)NCC1(C(=O)O)CCCC1. The van der Waals surface area contributed by atoms with Crippen LogP contribution in [0.25, 0.3) is 0 Å². The predicted octanol–water partition coefficient (Wildman–Crippen LogP) is 2.23. The van der Waals surface area contributed by atoms with Crippen LogP contribution >= 0.6 is 0 Å². The van der Waals surface area contributed by atoms with Crippen LogP contribution in [0.15, 0.2) is 0 Å². The Kier molecular flexibility index (Phi) is 5.24. The van der Waals surface area contributed by atoms with E-state index >= 15 is 0 Å². The molecule has 20 heavy (non-hydrogen) atoms. The van der Waals surface area contributed by atoms with Gasteiger partial charge in [0.05, 0.1) is 5.41 Å². The predicted molar refractivity (Wildman–Crippen MR) is 65.2 cm³/mol. The number of nitrogens with zero attached hydrogens (tertiary/aromatic N) is 1. The fourth-order valence-electron chi connectivity index (χ4n) is 2.42. The number of hydrogen-bond donors (Lipinski definition) is 2. The van der Waals surface area contributed by atoms with Gasteiger partial charge < -0.3 is 15.3 Å².